The van der Waals surface area contributed by atoms with E-state index in [0.717, 1.165) is 68.5 Å². The number of rotatable bonds is 6. The van der Waals surface area contributed by atoms with Crippen molar-refractivity contribution in [2.24, 2.45) is 0 Å². The van der Waals surface area contributed by atoms with E-state index in [9.17, 15) is 4.79 Å². The van der Waals surface area contributed by atoms with Crippen LogP contribution in [0.1, 0.15) is 28.2 Å². The Morgan fingerprint density at radius 1 is 1.20 bits per heavy atom. The summed E-state index contributed by atoms with van der Waals surface area (Å²) in [7, 11) is 0. The van der Waals surface area contributed by atoms with E-state index in [2.05, 4.69) is 26.7 Å². The summed E-state index contributed by atoms with van der Waals surface area (Å²) in [5, 5.41) is 2.93. The molecule has 1 saturated heterocycles. The third-order valence-corrected chi connectivity index (χ3v) is 4.72. The molecule has 0 atom stereocenters. The molecule has 2 aromatic rings. The van der Waals surface area contributed by atoms with Crippen molar-refractivity contribution in [2.45, 2.75) is 26.8 Å². The molecule has 0 bridgehead atoms. The Hall–Kier alpha value is -2.18. The number of ether oxygens (including phenoxy) is 1. The topological polar surface area (TPSA) is 59.4 Å². The van der Waals surface area contributed by atoms with Crippen LogP contribution in [0, 0.1) is 13.8 Å². The van der Waals surface area contributed by atoms with Gasteiger partial charge in [0, 0.05) is 55.6 Å². The largest absolute Gasteiger partial charge is 0.379 e. The summed E-state index contributed by atoms with van der Waals surface area (Å²) in [6.07, 6.45) is 4.41. The van der Waals surface area contributed by atoms with Gasteiger partial charge in [-0.25, -0.2) is 0 Å². The van der Waals surface area contributed by atoms with Crippen LogP contribution in [0.25, 0.3) is 0 Å². The van der Waals surface area contributed by atoms with Crippen LogP contribution in [0.15, 0.2) is 30.6 Å². The molecule has 0 aliphatic carbocycles. The van der Waals surface area contributed by atoms with Crippen molar-refractivity contribution in [1.82, 2.24) is 14.5 Å². The number of hydrogen-bond donors (Lipinski definition) is 1. The summed E-state index contributed by atoms with van der Waals surface area (Å²) in [5.41, 5.74) is 3.64. The number of aromatic nitrogens is 2. The van der Waals surface area contributed by atoms with E-state index in [1.807, 2.05) is 13.0 Å². The highest BCUT2D eigenvalue weighted by Crippen LogP contribution is 2.18. The molecule has 2 aromatic heterocycles. The fraction of sp³-hybridized carbons (Fsp3) is 0.474. The van der Waals surface area contributed by atoms with Crippen LogP contribution in [-0.4, -0.2) is 53.2 Å². The fourth-order valence-corrected chi connectivity index (χ4v) is 3.29. The lowest BCUT2D eigenvalue weighted by Crippen LogP contribution is -2.37. The molecular weight excluding hydrogens is 316 g/mol. The van der Waals surface area contributed by atoms with E-state index in [1.54, 1.807) is 24.5 Å². The van der Waals surface area contributed by atoms with Gasteiger partial charge in [-0.3, -0.25) is 14.7 Å². The second kappa shape index (κ2) is 8.27. The number of hydrogen-bond acceptors (Lipinski definition) is 4. The minimum Gasteiger partial charge on any atom is -0.379 e. The number of carbonyl (C=O) groups is 1. The average Bonchev–Trinajstić information content (AvgIpc) is 2.92. The molecule has 6 heteroatoms. The number of carbonyl (C=O) groups excluding carboxylic acids is 1. The molecule has 0 saturated carbocycles. The predicted molar refractivity (Wildman–Crippen MR) is 98.0 cm³/mol. The quantitative estimate of drug-likeness (QED) is 0.876. The van der Waals surface area contributed by atoms with E-state index >= 15 is 0 Å². The molecule has 1 fully saturated rings. The number of pyridine rings is 1. The number of amides is 1. The lowest BCUT2D eigenvalue weighted by Gasteiger charge is -2.26. The Bertz CT molecular complexity index is 706. The van der Waals surface area contributed by atoms with Crippen molar-refractivity contribution in [3.05, 3.63) is 47.5 Å². The van der Waals surface area contributed by atoms with Crippen molar-refractivity contribution in [3.8, 4) is 0 Å². The summed E-state index contributed by atoms with van der Waals surface area (Å²) in [6, 6.07) is 5.55. The fourth-order valence-electron chi connectivity index (χ4n) is 3.29. The number of morpholine rings is 1. The van der Waals surface area contributed by atoms with Crippen LogP contribution in [0.5, 0.6) is 0 Å². The molecule has 1 aliphatic rings. The van der Waals surface area contributed by atoms with Gasteiger partial charge >= 0.3 is 0 Å². The first-order chi connectivity index (χ1) is 12.1. The Balaban J connectivity index is 1.60. The van der Waals surface area contributed by atoms with E-state index in [-0.39, 0.29) is 5.91 Å². The van der Waals surface area contributed by atoms with Gasteiger partial charge in [0.1, 0.15) is 0 Å². The lowest BCUT2D eigenvalue weighted by molar-refractivity contribution is 0.0369. The van der Waals surface area contributed by atoms with Gasteiger partial charge in [0.15, 0.2) is 0 Å². The SMILES string of the molecule is Cc1cc(C(=O)Nc2ccncc2)c(C)n1CCCN1CCOCC1. The zero-order chi connectivity index (χ0) is 17.6. The first-order valence-electron chi connectivity index (χ1n) is 8.83. The van der Waals surface area contributed by atoms with Gasteiger partial charge in [0.05, 0.1) is 18.8 Å². The van der Waals surface area contributed by atoms with Gasteiger partial charge in [0.25, 0.3) is 5.91 Å². The highest BCUT2D eigenvalue weighted by atomic mass is 16.5. The highest BCUT2D eigenvalue weighted by Gasteiger charge is 2.16. The Kier molecular flexibility index (Phi) is 5.83. The van der Waals surface area contributed by atoms with Crippen molar-refractivity contribution in [2.75, 3.05) is 38.2 Å². The van der Waals surface area contributed by atoms with Crippen molar-refractivity contribution in [1.29, 1.82) is 0 Å². The molecule has 1 aliphatic heterocycles. The third kappa shape index (κ3) is 4.46. The van der Waals surface area contributed by atoms with Gasteiger partial charge in [-0.15, -0.1) is 0 Å². The lowest BCUT2D eigenvalue weighted by atomic mass is 10.2. The first-order valence-corrected chi connectivity index (χ1v) is 8.83. The molecule has 1 amide bonds. The van der Waals surface area contributed by atoms with E-state index in [0.29, 0.717) is 0 Å². The molecule has 0 unspecified atom stereocenters. The average molecular weight is 342 g/mol. The van der Waals surface area contributed by atoms with E-state index < -0.39 is 0 Å². The minimum absolute atomic E-state index is 0.0706. The zero-order valence-corrected chi connectivity index (χ0v) is 15.0. The molecule has 3 heterocycles. The van der Waals surface area contributed by atoms with E-state index in [4.69, 9.17) is 4.74 Å². The van der Waals surface area contributed by atoms with Crippen molar-refractivity contribution in [3.63, 3.8) is 0 Å². The molecule has 1 N–H and O–H groups in total. The van der Waals surface area contributed by atoms with Crippen molar-refractivity contribution < 1.29 is 9.53 Å². The van der Waals surface area contributed by atoms with Gasteiger partial charge in [-0.1, -0.05) is 0 Å². The number of aryl methyl sites for hydroxylation is 1. The maximum atomic E-state index is 12.6. The maximum absolute atomic E-state index is 12.6. The molecule has 6 nitrogen and oxygen atoms in total. The maximum Gasteiger partial charge on any atom is 0.257 e. The summed E-state index contributed by atoms with van der Waals surface area (Å²) >= 11 is 0. The second-order valence-electron chi connectivity index (χ2n) is 6.43. The van der Waals surface area contributed by atoms with Crippen molar-refractivity contribution >= 4 is 11.6 Å². The summed E-state index contributed by atoms with van der Waals surface area (Å²) in [6.45, 7) is 9.78. The van der Waals surface area contributed by atoms with Gasteiger partial charge in [0.2, 0.25) is 0 Å². The van der Waals surface area contributed by atoms with Gasteiger partial charge in [-0.05, 0) is 38.5 Å². The van der Waals surface area contributed by atoms with Crippen LogP contribution >= 0.6 is 0 Å². The number of nitrogens with zero attached hydrogens (tertiary/aromatic N) is 3. The Labute approximate surface area is 148 Å². The smallest absolute Gasteiger partial charge is 0.257 e. The minimum atomic E-state index is -0.0706. The monoisotopic (exact) mass is 342 g/mol. The predicted octanol–water partition coefficient (Wildman–Crippen LogP) is 2.47. The normalized spacial score (nSPS) is 15.3. The van der Waals surface area contributed by atoms with Gasteiger partial charge in [-0.2, -0.15) is 0 Å². The summed E-state index contributed by atoms with van der Waals surface area (Å²) in [5.74, 6) is -0.0706. The molecule has 0 radical (unpaired) electrons. The van der Waals surface area contributed by atoms with Gasteiger partial charge < -0.3 is 14.6 Å². The molecular formula is C19H26N4O2. The number of nitrogens with one attached hydrogen (secondary N) is 1. The Morgan fingerprint density at radius 3 is 2.64 bits per heavy atom. The van der Waals surface area contributed by atoms with Crippen LogP contribution < -0.4 is 5.32 Å². The summed E-state index contributed by atoms with van der Waals surface area (Å²) < 4.78 is 7.62. The van der Waals surface area contributed by atoms with Crippen LogP contribution in [0.2, 0.25) is 0 Å². The standard InChI is InChI=1S/C19H26N4O2/c1-15-14-18(19(24)21-17-4-6-20-7-5-17)16(2)23(15)9-3-8-22-10-12-25-13-11-22/h4-7,14H,3,8-13H2,1-2H3,(H,20,21,24). The van der Waals surface area contributed by atoms with Crippen LogP contribution in [0.3, 0.4) is 0 Å². The van der Waals surface area contributed by atoms with Crippen LogP contribution in [-0.2, 0) is 11.3 Å². The highest BCUT2D eigenvalue weighted by molar-refractivity contribution is 6.05. The molecule has 134 valence electrons. The van der Waals surface area contributed by atoms with E-state index in [1.165, 1.54) is 0 Å². The number of anilines is 1. The van der Waals surface area contributed by atoms with Crippen LogP contribution in [0.4, 0.5) is 5.69 Å². The molecule has 3 rings (SSSR count). The zero-order valence-electron chi connectivity index (χ0n) is 15.0. The molecule has 0 spiro atoms. The summed E-state index contributed by atoms with van der Waals surface area (Å²) in [4.78, 5) is 19.0. The molecule has 0 aromatic carbocycles. The second-order valence-corrected chi connectivity index (χ2v) is 6.43. The first kappa shape index (κ1) is 17.6. The third-order valence-electron chi connectivity index (χ3n) is 4.72. The molecule has 25 heavy (non-hydrogen) atoms. The Morgan fingerprint density at radius 2 is 1.92 bits per heavy atom.